The van der Waals surface area contributed by atoms with Gasteiger partial charge in [-0.3, -0.25) is 9.59 Å². The van der Waals surface area contributed by atoms with Gasteiger partial charge >= 0.3 is 0 Å². The normalized spacial score (nSPS) is 15.8. The number of carbonyl (C=O) groups excluding carboxylic acids is 2. The molecule has 1 aliphatic heterocycles. The first-order valence-electron chi connectivity index (χ1n) is 7.72. The fourth-order valence-corrected chi connectivity index (χ4v) is 2.38. The lowest BCUT2D eigenvalue weighted by Crippen LogP contribution is -2.34. The molecule has 2 N–H and O–H groups in total. The van der Waals surface area contributed by atoms with Gasteiger partial charge in [0, 0.05) is 11.3 Å². The highest BCUT2D eigenvalue weighted by molar-refractivity contribution is 6.05. The first-order chi connectivity index (χ1) is 11.6. The van der Waals surface area contributed by atoms with Gasteiger partial charge in [-0.05, 0) is 50.2 Å². The Balaban J connectivity index is 1.77. The quantitative estimate of drug-likeness (QED) is 0.905. The molecular weight excluding hydrogens is 308 g/mol. The topological polar surface area (TPSA) is 76.7 Å². The average molecular weight is 326 g/mol. The molecule has 0 radical (unpaired) electrons. The first-order valence-corrected chi connectivity index (χ1v) is 7.72. The number of nitrogens with one attached hydrogen (secondary N) is 2. The number of anilines is 2. The van der Waals surface area contributed by atoms with Gasteiger partial charge in [0.05, 0.1) is 12.3 Å². The fraction of sp³-hybridized carbons (Fsp3) is 0.222. The molecule has 1 aliphatic rings. The monoisotopic (exact) mass is 326 g/mol. The van der Waals surface area contributed by atoms with Gasteiger partial charge in [-0.1, -0.05) is 6.07 Å². The molecule has 1 heterocycles. The molecule has 0 aromatic heterocycles. The summed E-state index contributed by atoms with van der Waals surface area (Å²) in [6.45, 7) is 4.10. The van der Waals surface area contributed by atoms with Crippen molar-refractivity contribution in [1.29, 1.82) is 0 Å². The number of fused-ring (bicyclic) bond motifs is 1. The van der Waals surface area contributed by atoms with E-state index in [0.29, 0.717) is 35.0 Å². The molecule has 2 amide bonds. The Bertz CT molecular complexity index is 788. The number of amides is 2. The molecule has 2 aromatic carbocycles. The number of ether oxygens (including phenoxy) is 2. The molecule has 0 saturated heterocycles. The maximum atomic E-state index is 12.4. The van der Waals surface area contributed by atoms with Crippen LogP contribution in [-0.4, -0.2) is 24.5 Å². The van der Waals surface area contributed by atoms with Crippen molar-refractivity contribution in [2.45, 2.75) is 20.0 Å². The van der Waals surface area contributed by atoms with Crippen LogP contribution in [0.15, 0.2) is 42.5 Å². The molecule has 124 valence electrons. The van der Waals surface area contributed by atoms with Crippen molar-refractivity contribution in [1.82, 2.24) is 0 Å². The molecule has 6 nitrogen and oxygen atoms in total. The second kappa shape index (κ2) is 6.62. The van der Waals surface area contributed by atoms with Crippen LogP contribution < -0.4 is 20.1 Å². The molecule has 6 heteroatoms. The van der Waals surface area contributed by atoms with E-state index in [9.17, 15) is 9.59 Å². The Morgan fingerprint density at radius 1 is 1.29 bits per heavy atom. The maximum Gasteiger partial charge on any atom is 0.265 e. The molecule has 3 rings (SSSR count). The lowest BCUT2D eigenvalue weighted by Gasteiger charge is -2.23. The van der Waals surface area contributed by atoms with Crippen LogP contribution in [0, 0.1) is 0 Å². The summed E-state index contributed by atoms with van der Waals surface area (Å²) in [7, 11) is 0. The summed E-state index contributed by atoms with van der Waals surface area (Å²) in [6, 6.07) is 12.1. The molecule has 1 atom stereocenters. The molecule has 0 spiro atoms. The van der Waals surface area contributed by atoms with Gasteiger partial charge in [-0.15, -0.1) is 0 Å². The van der Waals surface area contributed by atoms with Crippen LogP contribution >= 0.6 is 0 Å². The maximum absolute atomic E-state index is 12.4. The second-order valence-corrected chi connectivity index (χ2v) is 5.38. The van der Waals surface area contributed by atoms with Crippen molar-refractivity contribution in [3.8, 4) is 11.5 Å². The fourth-order valence-electron chi connectivity index (χ4n) is 2.38. The van der Waals surface area contributed by atoms with Crippen LogP contribution in [0.3, 0.4) is 0 Å². The third-order valence-electron chi connectivity index (χ3n) is 3.58. The Hall–Kier alpha value is -3.02. The zero-order chi connectivity index (χ0) is 17.1. The largest absolute Gasteiger partial charge is 0.494 e. The van der Waals surface area contributed by atoms with Crippen LogP contribution in [-0.2, 0) is 4.79 Å². The van der Waals surface area contributed by atoms with Crippen LogP contribution in [0.25, 0.3) is 0 Å². The van der Waals surface area contributed by atoms with Gasteiger partial charge in [-0.25, -0.2) is 0 Å². The van der Waals surface area contributed by atoms with E-state index in [1.54, 1.807) is 49.4 Å². The zero-order valence-electron chi connectivity index (χ0n) is 13.5. The van der Waals surface area contributed by atoms with E-state index in [2.05, 4.69) is 10.6 Å². The van der Waals surface area contributed by atoms with Crippen molar-refractivity contribution in [2.24, 2.45) is 0 Å². The standard InChI is InChI=1S/C18H18N2O4/c1-3-23-14-6-4-5-12(9-14)18(22)19-13-7-8-16-15(10-13)20-17(21)11(2)24-16/h4-11H,3H2,1-2H3,(H,19,22)(H,20,21)/t11-/m0/s1. The predicted octanol–water partition coefficient (Wildman–Crippen LogP) is 3.06. The number of hydrogen-bond donors (Lipinski definition) is 2. The van der Waals surface area contributed by atoms with Crippen LogP contribution in [0.1, 0.15) is 24.2 Å². The predicted molar refractivity (Wildman–Crippen MR) is 90.7 cm³/mol. The van der Waals surface area contributed by atoms with Gasteiger partial charge in [0.1, 0.15) is 11.5 Å². The average Bonchev–Trinajstić information content (AvgIpc) is 2.57. The minimum Gasteiger partial charge on any atom is -0.494 e. The lowest BCUT2D eigenvalue weighted by atomic mass is 10.1. The van der Waals surface area contributed by atoms with Gasteiger partial charge in [0.2, 0.25) is 0 Å². The van der Waals surface area contributed by atoms with Crippen molar-refractivity contribution in [3.05, 3.63) is 48.0 Å². The van der Waals surface area contributed by atoms with Crippen LogP contribution in [0.2, 0.25) is 0 Å². The van der Waals surface area contributed by atoms with Gasteiger partial charge < -0.3 is 20.1 Å². The molecule has 0 saturated carbocycles. The number of hydrogen-bond acceptors (Lipinski definition) is 4. The van der Waals surface area contributed by atoms with Gasteiger partial charge in [-0.2, -0.15) is 0 Å². The first kappa shape index (κ1) is 15.9. The minimum atomic E-state index is -0.528. The van der Waals surface area contributed by atoms with E-state index in [1.807, 2.05) is 6.92 Å². The minimum absolute atomic E-state index is 0.213. The Morgan fingerprint density at radius 2 is 2.12 bits per heavy atom. The van der Waals surface area contributed by atoms with Crippen molar-refractivity contribution in [3.63, 3.8) is 0 Å². The zero-order valence-corrected chi connectivity index (χ0v) is 13.5. The van der Waals surface area contributed by atoms with Gasteiger partial charge in [0.25, 0.3) is 11.8 Å². The highest BCUT2D eigenvalue weighted by Gasteiger charge is 2.23. The highest BCUT2D eigenvalue weighted by atomic mass is 16.5. The molecule has 0 unspecified atom stereocenters. The van der Waals surface area contributed by atoms with Crippen LogP contribution in [0.5, 0.6) is 11.5 Å². The van der Waals surface area contributed by atoms with Crippen molar-refractivity contribution >= 4 is 23.2 Å². The summed E-state index contributed by atoms with van der Waals surface area (Å²) in [6.07, 6.45) is -0.528. The smallest absolute Gasteiger partial charge is 0.265 e. The van der Waals surface area contributed by atoms with Crippen LogP contribution in [0.4, 0.5) is 11.4 Å². The SMILES string of the molecule is CCOc1cccc(C(=O)Nc2ccc3c(c2)NC(=O)[C@H](C)O3)c1. The van der Waals surface area contributed by atoms with E-state index in [1.165, 1.54) is 0 Å². The number of rotatable bonds is 4. The third kappa shape index (κ3) is 3.32. The van der Waals surface area contributed by atoms with E-state index < -0.39 is 6.10 Å². The molecule has 0 bridgehead atoms. The summed E-state index contributed by atoms with van der Waals surface area (Å²) >= 11 is 0. The molecule has 2 aromatic rings. The van der Waals surface area contributed by atoms with E-state index in [-0.39, 0.29) is 11.8 Å². The molecule has 24 heavy (non-hydrogen) atoms. The summed E-state index contributed by atoms with van der Waals surface area (Å²) in [5, 5.41) is 5.56. The number of benzene rings is 2. The van der Waals surface area contributed by atoms with E-state index in [4.69, 9.17) is 9.47 Å². The summed E-state index contributed by atoms with van der Waals surface area (Å²) < 4.78 is 10.9. The lowest BCUT2D eigenvalue weighted by molar-refractivity contribution is -0.122. The summed E-state index contributed by atoms with van der Waals surface area (Å²) in [5.74, 6) is 0.756. The van der Waals surface area contributed by atoms with E-state index in [0.717, 1.165) is 0 Å². The summed E-state index contributed by atoms with van der Waals surface area (Å²) in [5.41, 5.74) is 1.60. The molecular formula is C18H18N2O4. The van der Waals surface area contributed by atoms with Gasteiger partial charge in [0.15, 0.2) is 6.10 Å². The summed E-state index contributed by atoms with van der Waals surface area (Å²) in [4.78, 5) is 24.0. The second-order valence-electron chi connectivity index (χ2n) is 5.38. The molecule has 0 aliphatic carbocycles. The number of carbonyl (C=O) groups is 2. The third-order valence-corrected chi connectivity index (χ3v) is 3.58. The Kier molecular flexibility index (Phi) is 4.37. The van der Waals surface area contributed by atoms with Crippen molar-refractivity contribution < 1.29 is 19.1 Å². The Labute approximate surface area is 139 Å². The van der Waals surface area contributed by atoms with E-state index >= 15 is 0 Å². The van der Waals surface area contributed by atoms with Crippen molar-refractivity contribution in [2.75, 3.05) is 17.2 Å². The molecule has 0 fully saturated rings. The Morgan fingerprint density at radius 3 is 2.92 bits per heavy atom. The highest BCUT2D eigenvalue weighted by Crippen LogP contribution is 2.32.